The van der Waals surface area contributed by atoms with Crippen molar-refractivity contribution in [2.75, 3.05) is 23.8 Å². The smallest absolute Gasteiger partial charge is 0.261 e. The summed E-state index contributed by atoms with van der Waals surface area (Å²) >= 11 is 0. The molecule has 7 heteroatoms. The summed E-state index contributed by atoms with van der Waals surface area (Å²) in [5.74, 6) is -0.139. The molecule has 1 amide bonds. The Balaban J connectivity index is 2.08. The van der Waals surface area contributed by atoms with Crippen molar-refractivity contribution in [1.29, 1.82) is 0 Å². The fourth-order valence-corrected chi connectivity index (χ4v) is 3.44. The third-order valence-electron chi connectivity index (χ3n) is 4.24. The minimum Gasteiger partial charge on any atom is -0.384 e. The molecule has 0 aliphatic carbocycles. The van der Waals surface area contributed by atoms with Crippen LogP contribution >= 0.6 is 0 Å². The zero-order chi connectivity index (χ0) is 19.2. The van der Waals surface area contributed by atoms with Crippen molar-refractivity contribution < 1.29 is 17.9 Å². The number of carbonyl (C=O) groups excluding carboxylic acids is 1. The molecule has 0 saturated heterocycles. The number of sulfonamides is 1. The molecule has 2 N–H and O–H groups in total. The third-order valence-corrected chi connectivity index (χ3v) is 5.64. The average molecular weight is 376 g/mol. The minimum atomic E-state index is -3.64. The molecule has 6 nitrogen and oxygen atoms in total. The van der Waals surface area contributed by atoms with Gasteiger partial charge in [0.1, 0.15) is 0 Å². The molecule has 0 radical (unpaired) electrons. The lowest BCUT2D eigenvalue weighted by atomic mass is 9.87. The van der Waals surface area contributed by atoms with Gasteiger partial charge in [0.25, 0.3) is 10.0 Å². The van der Waals surface area contributed by atoms with Crippen LogP contribution in [-0.2, 0) is 19.6 Å². The van der Waals surface area contributed by atoms with Crippen LogP contribution in [0.3, 0.4) is 0 Å². The Hall–Kier alpha value is -2.38. The van der Waals surface area contributed by atoms with Gasteiger partial charge in [0.15, 0.2) is 0 Å². The standard InChI is InChI=1S/C19H24N2O4S/c1-4-19(2,14-25-3)18(22)20-15-10-12-16(13-11-15)21-26(23,24)17-8-6-5-7-9-17/h5-13,21H,4,14H2,1-3H3,(H,20,22). The van der Waals surface area contributed by atoms with Crippen LogP contribution in [0, 0.1) is 5.41 Å². The summed E-state index contributed by atoms with van der Waals surface area (Å²) in [6.45, 7) is 4.10. The van der Waals surface area contributed by atoms with Crippen LogP contribution in [0.15, 0.2) is 59.5 Å². The Bertz CT molecular complexity index is 836. The highest BCUT2D eigenvalue weighted by molar-refractivity contribution is 7.92. The molecule has 0 aliphatic rings. The topological polar surface area (TPSA) is 84.5 Å². The number of hydrogen-bond acceptors (Lipinski definition) is 4. The number of nitrogens with one attached hydrogen (secondary N) is 2. The van der Waals surface area contributed by atoms with E-state index in [1.54, 1.807) is 49.6 Å². The molecule has 0 fully saturated rings. The molecule has 2 aromatic carbocycles. The predicted molar refractivity (Wildman–Crippen MR) is 103 cm³/mol. The maximum Gasteiger partial charge on any atom is 0.261 e. The highest BCUT2D eigenvalue weighted by Gasteiger charge is 2.31. The Morgan fingerprint density at radius 1 is 1.04 bits per heavy atom. The quantitative estimate of drug-likeness (QED) is 0.739. The number of hydrogen-bond donors (Lipinski definition) is 2. The second-order valence-electron chi connectivity index (χ2n) is 6.30. The van der Waals surface area contributed by atoms with Crippen LogP contribution in [0.2, 0.25) is 0 Å². The van der Waals surface area contributed by atoms with Crippen molar-refractivity contribution in [2.45, 2.75) is 25.2 Å². The molecule has 0 bridgehead atoms. The Kier molecular flexibility index (Phi) is 6.39. The molecule has 1 atom stereocenters. The molecule has 140 valence electrons. The summed E-state index contributed by atoms with van der Waals surface area (Å²) in [4.78, 5) is 12.6. The van der Waals surface area contributed by atoms with Gasteiger partial charge in [-0.1, -0.05) is 25.1 Å². The van der Waals surface area contributed by atoms with Crippen LogP contribution < -0.4 is 10.0 Å². The van der Waals surface area contributed by atoms with E-state index >= 15 is 0 Å². The maximum absolute atomic E-state index is 12.5. The number of anilines is 2. The van der Waals surface area contributed by atoms with Gasteiger partial charge >= 0.3 is 0 Å². The van der Waals surface area contributed by atoms with Gasteiger partial charge in [0, 0.05) is 18.5 Å². The predicted octanol–water partition coefficient (Wildman–Crippen LogP) is 3.49. The second-order valence-corrected chi connectivity index (χ2v) is 7.98. The van der Waals surface area contributed by atoms with E-state index < -0.39 is 15.4 Å². The number of benzene rings is 2. The molecular weight excluding hydrogens is 352 g/mol. The Labute approximate surface area is 154 Å². The van der Waals surface area contributed by atoms with Gasteiger partial charge < -0.3 is 10.1 Å². The van der Waals surface area contributed by atoms with E-state index in [1.165, 1.54) is 12.1 Å². The van der Waals surface area contributed by atoms with Crippen LogP contribution in [-0.4, -0.2) is 28.0 Å². The van der Waals surface area contributed by atoms with Gasteiger partial charge in [0.2, 0.25) is 5.91 Å². The van der Waals surface area contributed by atoms with Crippen molar-refractivity contribution in [3.8, 4) is 0 Å². The highest BCUT2D eigenvalue weighted by Crippen LogP contribution is 2.25. The first-order valence-corrected chi connectivity index (χ1v) is 9.77. The summed E-state index contributed by atoms with van der Waals surface area (Å²) < 4.78 is 32.3. The molecular formula is C19H24N2O4S. The van der Waals surface area contributed by atoms with Crippen LogP contribution in [0.25, 0.3) is 0 Å². The molecule has 0 saturated carbocycles. The summed E-state index contributed by atoms with van der Waals surface area (Å²) in [6, 6.07) is 14.7. The van der Waals surface area contributed by atoms with Gasteiger partial charge in [-0.25, -0.2) is 8.42 Å². The van der Waals surface area contributed by atoms with Crippen LogP contribution in [0.1, 0.15) is 20.3 Å². The van der Waals surface area contributed by atoms with E-state index in [0.717, 1.165) is 0 Å². The number of amides is 1. The first-order valence-electron chi connectivity index (χ1n) is 8.29. The Morgan fingerprint density at radius 2 is 1.62 bits per heavy atom. The lowest BCUT2D eigenvalue weighted by molar-refractivity contribution is -0.127. The van der Waals surface area contributed by atoms with Gasteiger partial charge in [-0.2, -0.15) is 0 Å². The zero-order valence-electron chi connectivity index (χ0n) is 15.2. The fraction of sp³-hybridized carbons (Fsp3) is 0.316. The molecule has 2 aromatic rings. The molecule has 0 aliphatic heterocycles. The monoisotopic (exact) mass is 376 g/mol. The lowest BCUT2D eigenvalue weighted by Crippen LogP contribution is -2.36. The SMILES string of the molecule is CCC(C)(COC)C(=O)Nc1ccc(NS(=O)(=O)c2ccccc2)cc1. The van der Waals surface area contributed by atoms with Crippen LogP contribution in [0.4, 0.5) is 11.4 Å². The summed E-state index contributed by atoms with van der Waals surface area (Å²) in [5, 5.41) is 2.84. The van der Waals surface area contributed by atoms with E-state index in [1.807, 2.05) is 13.8 Å². The lowest BCUT2D eigenvalue weighted by Gasteiger charge is -2.26. The molecule has 0 spiro atoms. The maximum atomic E-state index is 12.5. The second kappa shape index (κ2) is 8.33. The normalized spacial score (nSPS) is 13.7. The van der Waals surface area contributed by atoms with E-state index in [4.69, 9.17) is 4.74 Å². The first kappa shape index (κ1) is 19.9. The molecule has 0 heterocycles. The van der Waals surface area contributed by atoms with E-state index in [-0.39, 0.29) is 10.8 Å². The zero-order valence-corrected chi connectivity index (χ0v) is 16.0. The van der Waals surface area contributed by atoms with Crippen LogP contribution in [0.5, 0.6) is 0 Å². The first-order chi connectivity index (χ1) is 12.3. The van der Waals surface area contributed by atoms with Gasteiger partial charge in [-0.05, 0) is 49.7 Å². The number of methoxy groups -OCH3 is 1. The highest BCUT2D eigenvalue weighted by atomic mass is 32.2. The molecule has 2 rings (SSSR count). The van der Waals surface area contributed by atoms with E-state index in [0.29, 0.717) is 24.4 Å². The summed E-state index contributed by atoms with van der Waals surface area (Å²) in [6.07, 6.45) is 0.641. The average Bonchev–Trinajstić information content (AvgIpc) is 2.64. The van der Waals surface area contributed by atoms with Gasteiger partial charge in [0.05, 0.1) is 16.9 Å². The summed E-state index contributed by atoms with van der Waals surface area (Å²) in [7, 11) is -2.07. The van der Waals surface area contributed by atoms with Crippen molar-refractivity contribution in [3.63, 3.8) is 0 Å². The minimum absolute atomic E-state index is 0.139. The summed E-state index contributed by atoms with van der Waals surface area (Å²) in [5.41, 5.74) is 0.387. The van der Waals surface area contributed by atoms with Crippen molar-refractivity contribution in [2.24, 2.45) is 5.41 Å². The number of ether oxygens (including phenoxy) is 1. The Morgan fingerprint density at radius 3 is 2.15 bits per heavy atom. The largest absolute Gasteiger partial charge is 0.384 e. The number of rotatable bonds is 8. The van der Waals surface area contributed by atoms with Crippen molar-refractivity contribution >= 4 is 27.3 Å². The molecule has 1 unspecified atom stereocenters. The van der Waals surface area contributed by atoms with Gasteiger partial charge in [-0.15, -0.1) is 0 Å². The third kappa shape index (κ3) is 4.83. The number of carbonyl (C=O) groups is 1. The van der Waals surface area contributed by atoms with Gasteiger partial charge in [-0.3, -0.25) is 9.52 Å². The van der Waals surface area contributed by atoms with E-state index in [2.05, 4.69) is 10.0 Å². The van der Waals surface area contributed by atoms with Crippen molar-refractivity contribution in [1.82, 2.24) is 0 Å². The molecule has 26 heavy (non-hydrogen) atoms. The fourth-order valence-electron chi connectivity index (χ4n) is 2.36. The van der Waals surface area contributed by atoms with Crippen molar-refractivity contribution in [3.05, 3.63) is 54.6 Å². The molecule has 0 aromatic heterocycles. The van der Waals surface area contributed by atoms with E-state index in [9.17, 15) is 13.2 Å².